The van der Waals surface area contributed by atoms with Crippen LogP contribution in [0.2, 0.25) is 0 Å². The van der Waals surface area contributed by atoms with Crippen molar-refractivity contribution in [2.24, 2.45) is 0 Å². The van der Waals surface area contributed by atoms with Crippen LogP contribution in [0.15, 0.2) is 243 Å². The van der Waals surface area contributed by atoms with Gasteiger partial charge in [-0.25, -0.2) is 9.97 Å². The second-order valence-corrected chi connectivity index (χ2v) is 21.4. The van der Waals surface area contributed by atoms with Crippen molar-refractivity contribution < 1.29 is 0 Å². The highest BCUT2D eigenvalue weighted by molar-refractivity contribution is 6.14. The van der Waals surface area contributed by atoms with Gasteiger partial charge in [-0.3, -0.25) is 0 Å². The predicted molar refractivity (Wildman–Crippen MR) is 341 cm³/mol. The fraction of sp³-hybridized carbons (Fsp3) is 0. The molecule has 4 heteroatoms. The normalized spacial score (nSPS) is 12.4. The van der Waals surface area contributed by atoms with E-state index >= 15 is 0 Å². The summed E-state index contributed by atoms with van der Waals surface area (Å²) in [6.45, 7) is 0. The van der Waals surface area contributed by atoms with E-state index in [4.69, 9.17) is 9.97 Å². The van der Waals surface area contributed by atoms with Crippen LogP contribution < -0.4 is 0 Å². The van der Waals surface area contributed by atoms with Crippen molar-refractivity contribution in [2.75, 3.05) is 0 Å². The van der Waals surface area contributed by atoms with E-state index in [1.54, 1.807) is 0 Å². The van der Waals surface area contributed by atoms with Crippen LogP contribution in [0, 0.1) is 0 Å². The highest BCUT2D eigenvalue weighted by Gasteiger charge is 2.23. The molecule has 0 fully saturated rings. The van der Waals surface area contributed by atoms with Gasteiger partial charge in [0.15, 0.2) is 0 Å². The molecule has 5 heterocycles. The monoisotopic (exact) mass is 1010 g/mol. The molecule has 17 rings (SSSR count). The summed E-state index contributed by atoms with van der Waals surface area (Å²) < 4.78 is 0. The first kappa shape index (κ1) is 44.4. The number of aromatic nitrogens is 4. The van der Waals surface area contributed by atoms with Crippen LogP contribution >= 0.6 is 0 Å². The topological polar surface area (TPSA) is 57.4 Å². The lowest BCUT2D eigenvalue weighted by Gasteiger charge is -2.12. The van der Waals surface area contributed by atoms with Crippen LogP contribution in [0.4, 0.5) is 0 Å². The lowest BCUT2D eigenvalue weighted by molar-refractivity contribution is 1.31. The Hall–Kier alpha value is -10.7. The van der Waals surface area contributed by atoms with Crippen LogP contribution in [-0.2, 0) is 0 Å². The fourth-order valence-electron chi connectivity index (χ4n) is 13.1. The van der Waals surface area contributed by atoms with Crippen molar-refractivity contribution in [1.29, 1.82) is 0 Å². The lowest BCUT2D eigenvalue weighted by atomic mass is 9.94. The van der Waals surface area contributed by atoms with Crippen molar-refractivity contribution in [3.05, 3.63) is 265 Å². The zero-order valence-electron chi connectivity index (χ0n) is 43.3. The number of aromatic amines is 2. The average Bonchev–Trinajstić information content (AvgIpc) is 4.47. The molecule has 0 radical (unpaired) electrons. The van der Waals surface area contributed by atoms with E-state index in [0.717, 1.165) is 111 Å². The Morgan fingerprint density at radius 2 is 0.412 bits per heavy atom. The first-order valence-corrected chi connectivity index (χ1v) is 27.4. The quantitative estimate of drug-likeness (QED) is 0.173. The Morgan fingerprint density at radius 1 is 0.200 bits per heavy atom. The van der Waals surface area contributed by atoms with E-state index in [1.807, 2.05) is 0 Å². The highest BCUT2D eigenvalue weighted by atomic mass is 14.8. The second-order valence-electron chi connectivity index (χ2n) is 21.4. The first-order chi connectivity index (χ1) is 39.6. The molecule has 2 N–H and O–H groups in total. The standard InChI is InChI=1S/C76H46N4/c1-5-17-49-41-61-53(37-45(49)13-1)21-9-25-57(61)73-65-29-31-67(77-65)74(58-26-10-22-54-38-46-14-2-6-18-50(46)42-62(54)58)69-33-35-71(79-69)76(60-28-12-24-56-40-48-16-4-8-20-52(48)44-64(56)60)72-36-34-70(80-72)75(68-32-30-66(73)78-68)59-27-11-23-55-39-47-15-3-7-19-51(47)43-63(55)59/h1-44,77,80H. The smallest absolute Gasteiger partial charge is 0.0737 e. The maximum Gasteiger partial charge on any atom is 0.0737 e. The molecule has 3 aromatic heterocycles. The number of nitrogens with one attached hydrogen (secondary N) is 2. The maximum absolute atomic E-state index is 5.83. The number of hydrogen-bond acceptors (Lipinski definition) is 2. The Labute approximate surface area is 459 Å². The minimum Gasteiger partial charge on any atom is -0.354 e. The summed E-state index contributed by atoms with van der Waals surface area (Å²) in [6, 6.07) is 88.9. The largest absolute Gasteiger partial charge is 0.354 e. The van der Waals surface area contributed by atoms with Gasteiger partial charge in [-0.1, -0.05) is 170 Å². The van der Waals surface area contributed by atoms with E-state index in [0.29, 0.717) is 0 Å². The number of benzene rings is 12. The Balaban J connectivity index is 1.05. The van der Waals surface area contributed by atoms with Crippen LogP contribution in [0.3, 0.4) is 0 Å². The molecule has 8 bridgehead atoms. The van der Waals surface area contributed by atoms with Gasteiger partial charge in [-0.2, -0.15) is 0 Å². The molecule has 370 valence electrons. The molecule has 0 atom stereocenters. The molecule has 15 aromatic rings. The molecule has 4 nitrogen and oxygen atoms in total. The summed E-state index contributed by atoms with van der Waals surface area (Å²) in [7, 11) is 0. The molecule has 0 unspecified atom stereocenters. The van der Waals surface area contributed by atoms with Crippen LogP contribution in [0.25, 0.3) is 177 Å². The van der Waals surface area contributed by atoms with Crippen LogP contribution in [-0.4, -0.2) is 19.9 Å². The van der Waals surface area contributed by atoms with Crippen LogP contribution in [0.1, 0.15) is 22.8 Å². The molecule has 2 aliphatic heterocycles. The van der Waals surface area contributed by atoms with Gasteiger partial charge in [-0.05, 0) is 206 Å². The van der Waals surface area contributed by atoms with Crippen molar-refractivity contribution in [3.8, 4) is 44.5 Å². The summed E-state index contributed by atoms with van der Waals surface area (Å²) in [5, 5.41) is 18.9. The van der Waals surface area contributed by atoms with Gasteiger partial charge in [-0.15, -0.1) is 0 Å². The Kier molecular flexibility index (Phi) is 9.68. The molecule has 0 aliphatic carbocycles. The molecule has 2 aliphatic rings. The van der Waals surface area contributed by atoms with Crippen molar-refractivity contribution >= 4 is 133 Å². The molecule has 0 saturated carbocycles. The van der Waals surface area contributed by atoms with E-state index in [1.165, 1.54) is 64.6 Å². The SMILES string of the molecule is C1=Cc2nc1c(-c1cccc3cc4ccccc4cc13)c1ccc([nH]1)c(-c1cccc3cc4ccccc4cc13)c1nc(c(-c3cccc4cc5ccccc5cc34)c3ccc([nH]3)c2-c2cccc3cc4ccccc4cc23)C=C1. The van der Waals surface area contributed by atoms with Gasteiger partial charge < -0.3 is 9.97 Å². The molecule has 0 amide bonds. The number of H-pyrrole nitrogens is 2. The molecular weight excluding hydrogens is 969 g/mol. The number of nitrogens with zero attached hydrogens (tertiary/aromatic N) is 2. The van der Waals surface area contributed by atoms with Crippen molar-refractivity contribution in [3.63, 3.8) is 0 Å². The van der Waals surface area contributed by atoms with Crippen LogP contribution in [0.5, 0.6) is 0 Å². The number of fused-ring (bicyclic) bond motifs is 16. The number of hydrogen-bond donors (Lipinski definition) is 2. The van der Waals surface area contributed by atoms with Gasteiger partial charge in [0.1, 0.15) is 0 Å². The molecule has 0 saturated heterocycles. The van der Waals surface area contributed by atoms with Gasteiger partial charge >= 0.3 is 0 Å². The average molecular weight is 1020 g/mol. The molecular formula is C76H46N4. The Bertz CT molecular complexity index is 4770. The van der Waals surface area contributed by atoms with E-state index in [9.17, 15) is 0 Å². The number of rotatable bonds is 4. The minimum absolute atomic E-state index is 0.873. The van der Waals surface area contributed by atoms with E-state index in [-0.39, 0.29) is 0 Å². The minimum atomic E-state index is 0.873. The van der Waals surface area contributed by atoms with E-state index < -0.39 is 0 Å². The molecule has 12 aromatic carbocycles. The van der Waals surface area contributed by atoms with Gasteiger partial charge in [0.05, 0.1) is 22.8 Å². The third kappa shape index (κ3) is 7.02. The zero-order chi connectivity index (χ0) is 52.4. The highest BCUT2D eigenvalue weighted by Crippen LogP contribution is 2.44. The zero-order valence-corrected chi connectivity index (χ0v) is 43.3. The Morgan fingerprint density at radius 3 is 0.650 bits per heavy atom. The van der Waals surface area contributed by atoms with Crippen molar-refractivity contribution in [2.45, 2.75) is 0 Å². The van der Waals surface area contributed by atoms with E-state index in [2.05, 4.69) is 277 Å². The molecule has 80 heavy (non-hydrogen) atoms. The van der Waals surface area contributed by atoms with Gasteiger partial charge in [0, 0.05) is 44.3 Å². The fourth-order valence-corrected chi connectivity index (χ4v) is 13.1. The third-order valence-electron chi connectivity index (χ3n) is 16.8. The van der Waals surface area contributed by atoms with Gasteiger partial charge in [0.2, 0.25) is 0 Å². The predicted octanol–water partition coefficient (Wildman–Crippen LogP) is 20.5. The summed E-state index contributed by atoms with van der Waals surface area (Å²) in [4.78, 5) is 19.8. The lowest BCUT2D eigenvalue weighted by Crippen LogP contribution is -1.92. The summed E-state index contributed by atoms with van der Waals surface area (Å²) in [5.41, 5.74) is 15.8. The molecule has 0 spiro atoms. The van der Waals surface area contributed by atoms with Crippen molar-refractivity contribution in [1.82, 2.24) is 19.9 Å². The first-order valence-electron chi connectivity index (χ1n) is 27.4. The second kappa shape index (κ2) is 17.4. The van der Waals surface area contributed by atoms with Gasteiger partial charge in [0.25, 0.3) is 0 Å². The summed E-state index contributed by atoms with van der Waals surface area (Å²) >= 11 is 0. The third-order valence-corrected chi connectivity index (χ3v) is 16.8. The summed E-state index contributed by atoms with van der Waals surface area (Å²) in [5.74, 6) is 0. The maximum atomic E-state index is 5.83. The summed E-state index contributed by atoms with van der Waals surface area (Å²) in [6.07, 6.45) is 8.88.